The highest BCUT2D eigenvalue weighted by molar-refractivity contribution is 7.90. The van der Waals surface area contributed by atoms with Crippen LogP contribution in [0, 0.1) is 28.6 Å². The maximum absolute atomic E-state index is 13.7. The molecule has 1 aromatic heterocycles. The molecule has 13 heteroatoms. The third-order valence-electron chi connectivity index (χ3n) is 9.74. The second-order valence-corrected chi connectivity index (χ2v) is 15.2. The van der Waals surface area contributed by atoms with Gasteiger partial charge in [0.05, 0.1) is 28.3 Å². The topological polar surface area (TPSA) is 109 Å². The summed E-state index contributed by atoms with van der Waals surface area (Å²) in [6.45, 7) is 2.63. The first-order valence-electron chi connectivity index (χ1n) is 16.3. The number of nitriles is 1. The molecule has 2 saturated heterocycles. The first kappa shape index (κ1) is 34.0. The van der Waals surface area contributed by atoms with Gasteiger partial charge in [0, 0.05) is 67.2 Å². The van der Waals surface area contributed by atoms with Crippen molar-refractivity contribution in [3.05, 3.63) is 48.2 Å². The van der Waals surface area contributed by atoms with Crippen LogP contribution in [0.3, 0.4) is 0 Å². The Kier molecular flexibility index (Phi) is 9.84. The van der Waals surface area contributed by atoms with Crippen molar-refractivity contribution in [1.82, 2.24) is 9.47 Å². The molecule has 0 radical (unpaired) electrons. The number of rotatable bonds is 9. The van der Waals surface area contributed by atoms with Crippen LogP contribution in [-0.2, 0) is 21.1 Å². The molecule has 3 fully saturated rings. The zero-order valence-corrected chi connectivity index (χ0v) is 27.7. The van der Waals surface area contributed by atoms with E-state index in [1.165, 1.54) is 22.8 Å². The summed E-state index contributed by atoms with van der Waals surface area (Å²) in [5, 5.41) is 16.3. The summed E-state index contributed by atoms with van der Waals surface area (Å²) in [4.78, 5) is 2.66. The Morgan fingerprint density at radius 3 is 2.50 bits per heavy atom. The Morgan fingerprint density at radius 2 is 1.81 bits per heavy atom. The number of nitrogens with zero attached hydrogens (tertiary/aromatic N) is 3. The van der Waals surface area contributed by atoms with Crippen LogP contribution in [0.25, 0.3) is 10.9 Å². The standard InChI is InChI=1S/C35H40F3N5O4S/c1-48(44,45)28-11-12-31(33(21-28)47-19-15-39)40-16-3-4-27-20-29-30(5-2-6-32(29)43(27)24-35(36,37)38)41-25-7-9-26(10-8-25)42-22-34(23-42)13-17-46-18-14-34/h2,5-6,11-12,20-21,25-26,40-41H,7-10,13-14,16-19,22-24H2,1H3/t25-,26-. The lowest BCUT2D eigenvalue weighted by atomic mass is 9.71. The molecular weight excluding hydrogens is 643 g/mol. The molecule has 48 heavy (non-hydrogen) atoms. The van der Waals surface area contributed by atoms with Crippen molar-refractivity contribution < 1.29 is 31.1 Å². The van der Waals surface area contributed by atoms with Crippen LogP contribution in [0.5, 0.6) is 5.75 Å². The summed E-state index contributed by atoms with van der Waals surface area (Å²) >= 11 is 0. The number of sulfone groups is 1. The number of halogens is 3. The zero-order valence-electron chi connectivity index (χ0n) is 26.9. The molecule has 2 N–H and O–H groups in total. The number of likely N-dealkylation sites (tertiary alicyclic amines) is 1. The quantitative estimate of drug-likeness (QED) is 0.272. The zero-order chi connectivity index (χ0) is 33.9. The van der Waals surface area contributed by atoms with E-state index in [1.807, 2.05) is 12.1 Å². The second-order valence-electron chi connectivity index (χ2n) is 13.2. The van der Waals surface area contributed by atoms with Gasteiger partial charge in [-0.05, 0) is 74.8 Å². The van der Waals surface area contributed by atoms with Crippen LogP contribution < -0.4 is 15.4 Å². The third-order valence-corrected chi connectivity index (χ3v) is 10.9. The molecule has 256 valence electrons. The Hall–Kier alpha value is -3.91. The Bertz CT molecular complexity index is 1840. The van der Waals surface area contributed by atoms with Gasteiger partial charge in [0.25, 0.3) is 0 Å². The second kappa shape index (κ2) is 13.9. The van der Waals surface area contributed by atoms with E-state index in [9.17, 15) is 21.6 Å². The minimum atomic E-state index is -4.45. The van der Waals surface area contributed by atoms with Crippen molar-refractivity contribution in [2.24, 2.45) is 5.41 Å². The van der Waals surface area contributed by atoms with Crippen LogP contribution in [0.2, 0.25) is 0 Å². The number of benzene rings is 2. The summed E-state index contributed by atoms with van der Waals surface area (Å²) in [7, 11) is -3.51. The van der Waals surface area contributed by atoms with Gasteiger partial charge in [-0.3, -0.25) is 4.90 Å². The highest BCUT2D eigenvalue weighted by Gasteiger charge is 2.46. The Morgan fingerprint density at radius 1 is 1.06 bits per heavy atom. The van der Waals surface area contributed by atoms with Crippen molar-refractivity contribution in [3.8, 4) is 23.7 Å². The monoisotopic (exact) mass is 683 g/mol. The van der Waals surface area contributed by atoms with Crippen molar-refractivity contribution in [1.29, 1.82) is 5.26 Å². The molecule has 0 bridgehead atoms. The first-order chi connectivity index (χ1) is 22.9. The molecule has 2 aliphatic heterocycles. The van der Waals surface area contributed by atoms with Crippen LogP contribution in [-0.4, -0.2) is 81.9 Å². The number of nitrogens with one attached hydrogen (secondary N) is 2. The lowest BCUT2D eigenvalue weighted by Gasteiger charge is -2.56. The van der Waals surface area contributed by atoms with Gasteiger partial charge in [-0.2, -0.15) is 18.4 Å². The fraction of sp³-hybridized carbons (Fsp3) is 0.514. The molecule has 3 aromatic rings. The molecule has 1 spiro atoms. The molecule has 6 rings (SSSR count). The fourth-order valence-electron chi connectivity index (χ4n) is 7.25. The molecule has 9 nitrogen and oxygen atoms in total. The van der Waals surface area contributed by atoms with Gasteiger partial charge in [-0.25, -0.2) is 8.42 Å². The molecule has 1 saturated carbocycles. The van der Waals surface area contributed by atoms with E-state index in [1.54, 1.807) is 18.2 Å². The normalized spacial score (nSPS) is 21.1. The predicted octanol–water partition coefficient (Wildman–Crippen LogP) is 5.81. The molecule has 1 aliphatic carbocycles. The van der Waals surface area contributed by atoms with E-state index in [-0.39, 0.29) is 35.5 Å². The number of fused-ring (bicyclic) bond motifs is 1. The first-order valence-corrected chi connectivity index (χ1v) is 18.2. The summed E-state index contributed by atoms with van der Waals surface area (Å²) in [5.74, 6) is 5.95. The van der Waals surface area contributed by atoms with Crippen LogP contribution in [0.4, 0.5) is 24.5 Å². The average molecular weight is 684 g/mol. The van der Waals surface area contributed by atoms with Crippen molar-refractivity contribution in [2.45, 2.75) is 68.2 Å². The van der Waals surface area contributed by atoms with Gasteiger partial charge in [-0.15, -0.1) is 0 Å². The van der Waals surface area contributed by atoms with Crippen LogP contribution in [0.1, 0.15) is 44.2 Å². The molecule has 3 aliphatic rings. The van der Waals surface area contributed by atoms with E-state index >= 15 is 0 Å². The van der Waals surface area contributed by atoms with Gasteiger partial charge < -0.3 is 24.7 Å². The minimum Gasteiger partial charge on any atom is -0.477 e. The Balaban J connectivity index is 1.15. The number of aromatic nitrogens is 1. The summed E-state index contributed by atoms with van der Waals surface area (Å²) in [5.41, 5.74) is 2.34. The maximum Gasteiger partial charge on any atom is 0.406 e. The van der Waals surface area contributed by atoms with E-state index in [2.05, 4.69) is 27.4 Å². The average Bonchev–Trinajstić information content (AvgIpc) is 3.38. The van der Waals surface area contributed by atoms with Crippen molar-refractivity contribution in [2.75, 3.05) is 56.3 Å². The summed E-state index contributed by atoms with van der Waals surface area (Å²) < 4.78 is 77.3. The van der Waals surface area contributed by atoms with Crippen molar-refractivity contribution in [3.63, 3.8) is 0 Å². The molecule has 0 amide bonds. The van der Waals surface area contributed by atoms with Gasteiger partial charge >= 0.3 is 6.18 Å². The predicted molar refractivity (Wildman–Crippen MR) is 178 cm³/mol. The number of ether oxygens (including phenoxy) is 2. The molecular formula is C35H40F3N5O4S. The maximum atomic E-state index is 13.7. The Labute approximate surface area is 279 Å². The van der Waals surface area contributed by atoms with Gasteiger partial charge in [-0.1, -0.05) is 12.0 Å². The van der Waals surface area contributed by atoms with Gasteiger partial charge in [0.15, 0.2) is 16.4 Å². The fourth-order valence-corrected chi connectivity index (χ4v) is 7.88. The minimum absolute atomic E-state index is 0.0285. The lowest BCUT2D eigenvalue weighted by molar-refractivity contribution is -0.140. The SMILES string of the molecule is CS(=O)(=O)c1ccc(NCC#Cc2cc3c(N[C@H]4CC[C@H](N5CC6(CCOCC6)C5)CC4)cccc3n2CC(F)(F)F)c(OCC#N)c1. The van der Waals surface area contributed by atoms with E-state index in [0.717, 1.165) is 76.8 Å². The largest absolute Gasteiger partial charge is 0.477 e. The van der Waals surface area contributed by atoms with E-state index < -0.39 is 22.6 Å². The molecule has 2 aromatic carbocycles. The number of anilines is 2. The molecule has 3 heterocycles. The van der Waals surface area contributed by atoms with Crippen LogP contribution in [0.15, 0.2) is 47.4 Å². The van der Waals surface area contributed by atoms with E-state index in [0.29, 0.717) is 28.0 Å². The number of alkyl halides is 3. The molecule has 0 unspecified atom stereocenters. The van der Waals surface area contributed by atoms with Gasteiger partial charge in [0.2, 0.25) is 0 Å². The summed E-state index contributed by atoms with van der Waals surface area (Å²) in [6.07, 6.45) is 3.12. The van der Waals surface area contributed by atoms with Crippen molar-refractivity contribution >= 4 is 32.1 Å². The van der Waals surface area contributed by atoms with Crippen LogP contribution >= 0.6 is 0 Å². The number of hydrogen-bond acceptors (Lipinski definition) is 8. The van der Waals surface area contributed by atoms with E-state index in [4.69, 9.17) is 14.7 Å². The van der Waals surface area contributed by atoms with Gasteiger partial charge in [0.1, 0.15) is 18.4 Å². The highest BCUT2D eigenvalue weighted by atomic mass is 32.2. The number of hydrogen-bond donors (Lipinski definition) is 2. The molecule has 0 atom stereocenters. The highest BCUT2D eigenvalue weighted by Crippen LogP contribution is 2.43. The third kappa shape index (κ3) is 7.86. The lowest BCUT2D eigenvalue weighted by Crippen LogP contribution is -2.62. The summed E-state index contributed by atoms with van der Waals surface area (Å²) in [6, 6.07) is 14.0. The smallest absolute Gasteiger partial charge is 0.406 e.